The van der Waals surface area contributed by atoms with Gasteiger partial charge in [0.25, 0.3) is 0 Å². The standard InChI is InChI=1S/C20H32O/c1-6-7-8-9-10-11-12-17-13-18(15(2)3)20(21)19(14-17)16(4)5/h6,13-16,21H,1,7-12H2,2-5H3. The summed E-state index contributed by atoms with van der Waals surface area (Å²) < 4.78 is 0. The Morgan fingerprint density at radius 1 is 0.952 bits per heavy atom. The van der Waals surface area contributed by atoms with Gasteiger partial charge >= 0.3 is 0 Å². The fourth-order valence-corrected chi connectivity index (χ4v) is 2.74. The van der Waals surface area contributed by atoms with Gasteiger partial charge in [0, 0.05) is 0 Å². The monoisotopic (exact) mass is 288 g/mol. The minimum absolute atomic E-state index is 0.370. The van der Waals surface area contributed by atoms with E-state index in [1.54, 1.807) is 0 Å². The molecule has 0 spiro atoms. The maximum absolute atomic E-state index is 10.4. The van der Waals surface area contributed by atoms with E-state index >= 15 is 0 Å². The van der Waals surface area contributed by atoms with Gasteiger partial charge < -0.3 is 5.11 Å². The van der Waals surface area contributed by atoms with Gasteiger partial charge in [-0.05, 0) is 54.2 Å². The SMILES string of the molecule is C=CCCCCCCc1cc(C(C)C)c(O)c(C(C)C)c1. The van der Waals surface area contributed by atoms with Crippen LogP contribution in [0.4, 0.5) is 0 Å². The van der Waals surface area contributed by atoms with Crippen molar-refractivity contribution in [3.05, 3.63) is 41.5 Å². The molecule has 0 aliphatic carbocycles. The first-order chi connectivity index (χ1) is 9.97. The molecule has 1 nitrogen and oxygen atoms in total. The fraction of sp³-hybridized carbons (Fsp3) is 0.600. The molecule has 0 bridgehead atoms. The molecule has 118 valence electrons. The number of aryl methyl sites for hydroxylation is 1. The van der Waals surface area contributed by atoms with Gasteiger partial charge in [0.05, 0.1) is 0 Å². The number of hydrogen-bond acceptors (Lipinski definition) is 1. The van der Waals surface area contributed by atoms with Crippen molar-refractivity contribution in [1.82, 2.24) is 0 Å². The molecule has 0 radical (unpaired) electrons. The largest absolute Gasteiger partial charge is 0.507 e. The number of aromatic hydroxyl groups is 1. The van der Waals surface area contributed by atoms with Crippen LogP contribution in [0.15, 0.2) is 24.8 Å². The Hall–Kier alpha value is -1.24. The van der Waals surface area contributed by atoms with Gasteiger partial charge in [-0.2, -0.15) is 0 Å². The van der Waals surface area contributed by atoms with Crippen molar-refractivity contribution < 1.29 is 5.11 Å². The van der Waals surface area contributed by atoms with Crippen molar-refractivity contribution in [2.24, 2.45) is 0 Å². The third-order valence-electron chi connectivity index (χ3n) is 4.10. The summed E-state index contributed by atoms with van der Waals surface area (Å²) in [5.74, 6) is 1.25. The predicted molar refractivity (Wildman–Crippen MR) is 93.3 cm³/mol. The van der Waals surface area contributed by atoms with Crippen LogP contribution in [0.25, 0.3) is 0 Å². The molecule has 1 heteroatoms. The minimum atomic E-state index is 0.370. The second-order valence-corrected chi connectivity index (χ2v) is 6.67. The number of phenolic OH excluding ortho intramolecular Hbond substituents is 1. The molecule has 0 fully saturated rings. The number of hydrogen-bond donors (Lipinski definition) is 1. The Labute approximate surface area is 131 Å². The van der Waals surface area contributed by atoms with E-state index in [2.05, 4.69) is 46.4 Å². The highest BCUT2D eigenvalue weighted by Crippen LogP contribution is 2.35. The highest BCUT2D eigenvalue weighted by Gasteiger charge is 2.14. The van der Waals surface area contributed by atoms with E-state index in [0.717, 1.165) is 24.0 Å². The molecule has 0 aliphatic heterocycles. The van der Waals surface area contributed by atoms with Crippen LogP contribution < -0.4 is 0 Å². The van der Waals surface area contributed by atoms with Gasteiger partial charge in [-0.25, -0.2) is 0 Å². The summed E-state index contributed by atoms with van der Waals surface area (Å²) in [5.41, 5.74) is 3.58. The van der Waals surface area contributed by atoms with Crippen LogP contribution in [0.1, 0.15) is 88.3 Å². The van der Waals surface area contributed by atoms with E-state index in [0.29, 0.717) is 17.6 Å². The molecular weight excluding hydrogens is 256 g/mol. The smallest absolute Gasteiger partial charge is 0.122 e. The first-order valence-corrected chi connectivity index (χ1v) is 8.44. The Bertz CT molecular complexity index is 414. The van der Waals surface area contributed by atoms with E-state index in [-0.39, 0.29) is 0 Å². The number of allylic oxidation sites excluding steroid dienone is 1. The zero-order valence-electron chi connectivity index (χ0n) is 14.3. The van der Waals surface area contributed by atoms with E-state index in [1.807, 2.05) is 6.08 Å². The quantitative estimate of drug-likeness (QED) is 0.416. The molecule has 0 atom stereocenters. The van der Waals surface area contributed by atoms with Crippen molar-refractivity contribution in [3.8, 4) is 5.75 Å². The van der Waals surface area contributed by atoms with E-state index in [1.165, 1.54) is 31.2 Å². The zero-order valence-corrected chi connectivity index (χ0v) is 14.3. The highest BCUT2D eigenvalue weighted by molar-refractivity contribution is 5.46. The van der Waals surface area contributed by atoms with Crippen LogP contribution in [-0.2, 0) is 6.42 Å². The number of benzene rings is 1. The molecule has 1 N–H and O–H groups in total. The molecule has 21 heavy (non-hydrogen) atoms. The first-order valence-electron chi connectivity index (χ1n) is 8.44. The predicted octanol–water partition coefficient (Wildman–Crippen LogP) is 6.32. The average Bonchev–Trinajstić information content (AvgIpc) is 2.43. The van der Waals surface area contributed by atoms with Crippen LogP contribution in [0.2, 0.25) is 0 Å². The van der Waals surface area contributed by atoms with Gasteiger partial charge in [-0.15, -0.1) is 6.58 Å². The zero-order chi connectivity index (χ0) is 15.8. The van der Waals surface area contributed by atoms with Crippen LogP contribution in [0.5, 0.6) is 5.75 Å². The molecule has 0 amide bonds. The molecule has 0 saturated heterocycles. The van der Waals surface area contributed by atoms with Crippen LogP contribution in [0, 0.1) is 0 Å². The lowest BCUT2D eigenvalue weighted by Crippen LogP contribution is -1.99. The number of unbranched alkanes of at least 4 members (excludes halogenated alkanes) is 4. The van der Waals surface area contributed by atoms with Gasteiger partial charge in [-0.1, -0.05) is 58.7 Å². The molecule has 1 rings (SSSR count). The third kappa shape index (κ3) is 5.57. The van der Waals surface area contributed by atoms with Crippen molar-refractivity contribution >= 4 is 0 Å². The van der Waals surface area contributed by atoms with Crippen LogP contribution in [-0.4, -0.2) is 5.11 Å². The Morgan fingerprint density at radius 2 is 1.48 bits per heavy atom. The van der Waals surface area contributed by atoms with Crippen molar-refractivity contribution in [2.75, 3.05) is 0 Å². The summed E-state index contributed by atoms with van der Waals surface area (Å²) in [5, 5.41) is 10.4. The van der Waals surface area contributed by atoms with Gasteiger partial charge in [0.1, 0.15) is 5.75 Å². The minimum Gasteiger partial charge on any atom is -0.507 e. The van der Waals surface area contributed by atoms with Crippen molar-refractivity contribution in [3.63, 3.8) is 0 Å². The van der Waals surface area contributed by atoms with Crippen molar-refractivity contribution in [2.45, 2.75) is 78.1 Å². The summed E-state index contributed by atoms with van der Waals surface area (Å²) in [6.45, 7) is 12.4. The average molecular weight is 288 g/mol. The summed E-state index contributed by atoms with van der Waals surface area (Å²) in [6.07, 6.45) is 9.32. The molecule has 0 aromatic heterocycles. The molecular formula is C20H32O. The Kier molecular flexibility index (Phi) is 7.56. The van der Waals surface area contributed by atoms with E-state index in [4.69, 9.17) is 0 Å². The molecule has 1 aromatic carbocycles. The maximum Gasteiger partial charge on any atom is 0.122 e. The van der Waals surface area contributed by atoms with Crippen LogP contribution >= 0.6 is 0 Å². The Balaban J connectivity index is 2.71. The molecule has 0 saturated carbocycles. The normalized spacial score (nSPS) is 11.3. The summed E-state index contributed by atoms with van der Waals surface area (Å²) in [7, 11) is 0. The fourth-order valence-electron chi connectivity index (χ4n) is 2.74. The van der Waals surface area contributed by atoms with Crippen LogP contribution in [0.3, 0.4) is 0 Å². The number of phenols is 1. The maximum atomic E-state index is 10.4. The van der Waals surface area contributed by atoms with Gasteiger partial charge in [-0.3, -0.25) is 0 Å². The van der Waals surface area contributed by atoms with Gasteiger partial charge in [0.15, 0.2) is 0 Å². The van der Waals surface area contributed by atoms with Crippen molar-refractivity contribution in [1.29, 1.82) is 0 Å². The summed E-state index contributed by atoms with van der Waals surface area (Å²) >= 11 is 0. The third-order valence-corrected chi connectivity index (χ3v) is 4.10. The number of rotatable bonds is 9. The first kappa shape index (κ1) is 17.8. The molecule has 0 aliphatic rings. The Morgan fingerprint density at radius 3 is 1.95 bits per heavy atom. The second kappa shape index (κ2) is 8.92. The molecule has 1 aromatic rings. The highest BCUT2D eigenvalue weighted by atomic mass is 16.3. The summed E-state index contributed by atoms with van der Waals surface area (Å²) in [4.78, 5) is 0. The lowest BCUT2D eigenvalue weighted by atomic mass is 9.90. The lowest BCUT2D eigenvalue weighted by Gasteiger charge is -2.17. The molecule has 0 unspecified atom stereocenters. The molecule has 0 heterocycles. The second-order valence-electron chi connectivity index (χ2n) is 6.67. The topological polar surface area (TPSA) is 20.2 Å². The lowest BCUT2D eigenvalue weighted by molar-refractivity contribution is 0.454. The summed E-state index contributed by atoms with van der Waals surface area (Å²) in [6, 6.07) is 4.41. The van der Waals surface area contributed by atoms with E-state index in [9.17, 15) is 5.11 Å². The van der Waals surface area contributed by atoms with Gasteiger partial charge in [0.2, 0.25) is 0 Å². The van der Waals surface area contributed by atoms with E-state index < -0.39 is 0 Å².